The molecule has 1 aromatic rings. The number of benzene rings is 1. The van der Waals surface area contributed by atoms with E-state index in [9.17, 15) is 18.3 Å². The third-order valence-corrected chi connectivity index (χ3v) is 2.73. The Labute approximate surface area is 98.5 Å². The fourth-order valence-electron chi connectivity index (χ4n) is 1.29. The Kier molecular flexibility index (Phi) is 3.71. The van der Waals surface area contributed by atoms with Crippen molar-refractivity contribution in [3.63, 3.8) is 0 Å². The normalized spacial score (nSPS) is 14.5. The van der Waals surface area contributed by atoms with Crippen molar-refractivity contribution in [3.8, 4) is 0 Å². The van der Waals surface area contributed by atoms with Gasteiger partial charge in [-0.3, -0.25) is 0 Å². The second kappa shape index (κ2) is 4.56. The van der Waals surface area contributed by atoms with Crippen LogP contribution in [-0.2, 0) is 6.18 Å². The molecular formula is C12H16F3NO. The molecule has 96 valence electrons. The number of alkyl halides is 3. The average Bonchev–Trinajstić information content (AvgIpc) is 2.15. The lowest BCUT2D eigenvalue weighted by atomic mass is 9.97. The van der Waals surface area contributed by atoms with E-state index in [2.05, 4.69) is 5.32 Å². The molecule has 0 saturated carbocycles. The number of rotatable bonds is 3. The zero-order valence-corrected chi connectivity index (χ0v) is 9.97. The Bertz CT molecular complexity index is 386. The molecule has 0 radical (unpaired) electrons. The molecule has 0 fully saturated rings. The lowest BCUT2D eigenvalue weighted by Gasteiger charge is -2.31. The smallest absolute Gasteiger partial charge is 0.391 e. The summed E-state index contributed by atoms with van der Waals surface area (Å²) in [4.78, 5) is 0. The molecule has 5 heteroatoms. The van der Waals surface area contributed by atoms with Crippen LogP contribution in [0.3, 0.4) is 0 Å². The summed E-state index contributed by atoms with van der Waals surface area (Å²) in [7, 11) is 0. The number of hydrogen-bond acceptors (Lipinski definition) is 2. The van der Waals surface area contributed by atoms with E-state index in [1.165, 1.54) is 25.1 Å². The number of aliphatic hydroxyl groups is 1. The molecule has 0 heterocycles. The minimum atomic E-state index is -4.40. The number of anilines is 1. The third-order valence-electron chi connectivity index (χ3n) is 2.73. The summed E-state index contributed by atoms with van der Waals surface area (Å²) in [5.74, 6) is 0. The van der Waals surface area contributed by atoms with Gasteiger partial charge in [0.2, 0.25) is 0 Å². The Morgan fingerprint density at radius 2 is 1.71 bits per heavy atom. The Morgan fingerprint density at radius 3 is 2.18 bits per heavy atom. The number of nitrogens with one attached hydrogen (secondary N) is 1. The van der Waals surface area contributed by atoms with Crippen molar-refractivity contribution in [3.05, 3.63) is 29.8 Å². The second-order valence-corrected chi connectivity index (χ2v) is 4.57. The van der Waals surface area contributed by atoms with E-state index in [1.54, 1.807) is 13.8 Å². The summed E-state index contributed by atoms with van der Waals surface area (Å²) in [6.45, 7) is 4.82. The molecule has 2 N–H and O–H groups in total. The van der Waals surface area contributed by atoms with E-state index in [0.29, 0.717) is 0 Å². The largest absolute Gasteiger partial charge is 0.418 e. The average molecular weight is 247 g/mol. The fraction of sp³-hybridized carbons (Fsp3) is 0.500. The van der Waals surface area contributed by atoms with Gasteiger partial charge in [-0.25, -0.2) is 0 Å². The summed E-state index contributed by atoms with van der Waals surface area (Å²) >= 11 is 0. The zero-order valence-electron chi connectivity index (χ0n) is 9.97. The highest BCUT2D eigenvalue weighted by Gasteiger charge is 2.35. The second-order valence-electron chi connectivity index (χ2n) is 4.57. The lowest BCUT2D eigenvalue weighted by molar-refractivity contribution is -0.137. The zero-order chi connectivity index (χ0) is 13.3. The van der Waals surface area contributed by atoms with Crippen molar-refractivity contribution in [2.75, 3.05) is 5.32 Å². The molecule has 0 bridgehead atoms. The van der Waals surface area contributed by atoms with Crippen LogP contribution in [0.25, 0.3) is 0 Å². The fourth-order valence-corrected chi connectivity index (χ4v) is 1.29. The van der Waals surface area contributed by atoms with Crippen LogP contribution < -0.4 is 5.32 Å². The first-order valence-corrected chi connectivity index (χ1v) is 5.27. The van der Waals surface area contributed by atoms with Gasteiger partial charge in [-0.2, -0.15) is 13.2 Å². The highest BCUT2D eigenvalue weighted by atomic mass is 19.4. The van der Waals surface area contributed by atoms with E-state index < -0.39 is 23.4 Å². The summed E-state index contributed by atoms with van der Waals surface area (Å²) in [5, 5.41) is 12.2. The quantitative estimate of drug-likeness (QED) is 0.859. The number of aliphatic hydroxyl groups excluding tert-OH is 1. The van der Waals surface area contributed by atoms with Gasteiger partial charge in [-0.15, -0.1) is 0 Å². The maximum absolute atomic E-state index is 12.7. The van der Waals surface area contributed by atoms with Crippen LogP contribution in [0.2, 0.25) is 0 Å². The third kappa shape index (κ3) is 3.36. The first-order chi connectivity index (χ1) is 7.64. The predicted octanol–water partition coefficient (Wildman–Crippen LogP) is 3.28. The minimum Gasteiger partial charge on any atom is -0.391 e. The maximum Gasteiger partial charge on any atom is 0.418 e. The van der Waals surface area contributed by atoms with Gasteiger partial charge in [-0.05, 0) is 32.9 Å². The summed E-state index contributed by atoms with van der Waals surface area (Å²) < 4.78 is 38.2. The van der Waals surface area contributed by atoms with Gasteiger partial charge in [0.25, 0.3) is 0 Å². The molecule has 2 nitrogen and oxygen atoms in total. The van der Waals surface area contributed by atoms with Crippen LogP contribution in [0.15, 0.2) is 24.3 Å². The topological polar surface area (TPSA) is 32.3 Å². The van der Waals surface area contributed by atoms with Crippen LogP contribution in [0, 0.1) is 0 Å². The van der Waals surface area contributed by atoms with Crippen LogP contribution in [0.1, 0.15) is 26.3 Å². The molecule has 1 rings (SSSR count). The Balaban J connectivity index is 3.08. The molecule has 17 heavy (non-hydrogen) atoms. The standard InChI is InChI=1S/C12H16F3NO/c1-8(17)11(2,3)16-10-7-5-4-6-9(10)12(13,14)15/h4-8,16-17H,1-3H3. The first-order valence-electron chi connectivity index (χ1n) is 5.27. The van der Waals surface area contributed by atoms with Crippen molar-refractivity contribution in [2.24, 2.45) is 0 Å². The number of halogens is 3. The highest BCUT2D eigenvalue weighted by Crippen LogP contribution is 2.35. The first kappa shape index (κ1) is 13.8. The summed E-state index contributed by atoms with van der Waals surface area (Å²) in [6.07, 6.45) is -5.18. The van der Waals surface area contributed by atoms with Crippen molar-refractivity contribution in [1.29, 1.82) is 0 Å². The number of hydrogen-bond donors (Lipinski definition) is 2. The molecule has 0 aliphatic rings. The lowest BCUT2D eigenvalue weighted by Crippen LogP contribution is -2.42. The monoisotopic (exact) mass is 247 g/mol. The molecule has 0 aliphatic carbocycles. The molecule has 0 saturated heterocycles. The van der Waals surface area contributed by atoms with Crippen LogP contribution in [0.4, 0.5) is 18.9 Å². The number of para-hydroxylation sites is 1. The molecule has 1 atom stereocenters. The molecule has 0 aliphatic heterocycles. The van der Waals surface area contributed by atoms with Crippen LogP contribution in [0.5, 0.6) is 0 Å². The Hall–Kier alpha value is -1.23. The summed E-state index contributed by atoms with van der Waals surface area (Å²) in [5.41, 5.74) is -1.58. The summed E-state index contributed by atoms with van der Waals surface area (Å²) in [6, 6.07) is 5.23. The van der Waals surface area contributed by atoms with E-state index in [-0.39, 0.29) is 5.69 Å². The van der Waals surface area contributed by atoms with Gasteiger partial charge in [0.15, 0.2) is 0 Å². The predicted molar refractivity (Wildman–Crippen MR) is 60.8 cm³/mol. The van der Waals surface area contributed by atoms with Gasteiger partial charge in [-0.1, -0.05) is 12.1 Å². The van der Waals surface area contributed by atoms with E-state index >= 15 is 0 Å². The molecular weight excluding hydrogens is 231 g/mol. The van der Waals surface area contributed by atoms with Crippen LogP contribution >= 0.6 is 0 Å². The molecule has 0 spiro atoms. The van der Waals surface area contributed by atoms with Gasteiger partial charge in [0, 0.05) is 5.69 Å². The van der Waals surface area contributed by atoms with Crippen molar-refractivity contribution in [1.82, 2.24) is 0 Å². The molecule has 0 aromatic heterocycles. The van der Waals surface area contributed by atoms with Crippen molar-refractivity contribution < 1.29 is 18.3 Å². The SMILES string of the molecule is CC(O)C(C)(C)Nc1ccccc1C(F)(F)F. The van der Waals surface area contributed by atoms with Gasteiger partial charge < -0.3 is 10.4 Å². The van der Waals surface area contributed by atoms with Crippen molar-refractivity contribution >= 4 is 5.69 Å². The minimum absolute atomic E-state index is 0.0223. The van der Waals surface area contributed by atoms with Gasteiger partial charge >= 0.3 is 6.18 Å². The van der Waals surface area contributed by atoms with Gasteiger partial charge in [0.1, 0.15) is 0 Å². The maximum atomic E-state index is 12.7. The van der Waals surface area contributed by atoms with Crippen molar-refractivity contribution in [2.45, 2.75) is 38.6 Å². The highest BCUT2D eigenvalue weighted by molar-refractivity contribution is 5.54. The molecule has 1 unspecified atom stereocenters. The molecule has 0 amide bonds. The van der Waals surface area contributed by atoms with Crippen LogP contribution in [-0.4, -0.2) is 16.7 Å². The Morgan fingerprint density at radius 1 is 1.18 bits per heavy atom. The van der Waals surface area contributed by atoms with E-state index in [1.807, 2.05) is 0 Å². The molecule has 1 aromatic carbocycles. The van der Waals surface area contributed by atoms with Gasteiger partial charge in [0.05, 0.1) is 17.2 Å². The van der Waals surface area contributed by atoms with E-state index in [0.717, 1.165) is 6.07 Å². The van der Waals surface area contributed by atoms with E-state index in [4.69, 9.17) is 0 Å².